The predicted octanol–water partition coefficient (Wildman–Crippen LogP) is 0.847. The van der Waals surface area contributed by atoms with Crippen molar-refractivity contribution < 1.29 is 37.4 Å². The standard InChI is InChI=1S/2C5H11.Cu.Li.H/c2*1-4-5(2)3;;;/h2*5H,1,4H2,2-3H3;;;/q2*-1;+2;+1;-1. The van der Waals surface area contributed by atoms with Gasteiger partial charge in [-0.3, -0.25) is 0 Å². The molecular weight excluding hydrogens is 191 g/mol. The Labute approximate surface area is 103 Å². The van der Waals surface area contributed by atoms with E-state index < -0.39 is 0 Å². The molecular formula is C10H23CuLi. The van der Waals surface area contributed by atoms with Crippen LogP contribution in [0.3, 0.4) is 0 Å². The fraction of sp³-hybridized carbons (Fsp3) is 0.800. The van der Waals surface area contributed by atoms with Gasteiger partial charge in [-0.15, -0.1) is 0 Å². The summed E-state index contributed by atoms with van der Waals surface area (Å²) >= 11 is 0. The van der Waals surface area contributed by atoms with Crippen molar-refractivity contribution in [1.29, 1.82) is 0 Å². The van der Waals surface area contributed by atoms with Gasteiger partial charge in [0.1, 0.15) is 0 Å². The van der Waals surface area contributed by atoms with Gasteiger partial charge in [-0.1, -0.05) is 39.5 Å². The summed E-state index contributed by atoms with van der Waals surface area (Å²) in [5, 5.41) is 0. The summed E-state index contributed by atoms with van der Waals surface area (Å²) < 4.78 is 0. The van der Waals surface area contributed by atoms with Crippen LogP contribution < -0.4 is 18.9 Å². The summed E-state index contributed by atoms with van der Waals surface area (Å²) in [4.78, 5) is 0. The Kier molecular flexibility index (Phi) is 34.8. The van der Waals surface area contributed by atoms with Crippen LogP contribution in [0, 0.1) is 25.7 Å². The minimum Gasteiger partial charge on any atom is -1.00 e. The molecule has 0 bridgehead atoms. The van der Waals surface area contributed by atoms with Crippen LogP contribution >= 0.6 is 0 Å². The molecule has 0 aromatic carbocycles. The topological polar surface area (TPSA) is 0 Å². The molecule has 0 fully saturated rings. The summed E-state index contributed by atoms with van der Waals surface area (Å²) in [5.41, 5.74) is 0. The van der Waals surface area contributed by atoms with E-state index in [-0.39, 0.29) is 37.4 Å². The average molecular weight is 214 g/mol. The first kappa shape index (κ1) is 23.2. The number of hydrogen-bond donors (Lipinski definition) is 0. The maximum atomic E-state index is 3.69. The first-order valence-electron chi connectivity index (χ1n) is 4.13. The molecule has 75 valence electrons. The Balaban J connectivity index is -0.0000000267. The smallest absolute Gasteiger partial charge is 1.00 e. The zero-order valence-electron chi connectivity index (χ0n) is 10.3. The molecule has 0 nitrogen and oxygen atoms in total. The van der Waals surface area contributed by atoms with Gasteiger partial charge in [0.05, 0.1) is 0 Å². The van der Waals surface area contributed by atoms with Crippen molar-refractivity contribution in [1.82, 2.24) is 0 Å². The van der Waals surface area contributed by atoms with Gasteiger partial charge in [0.25, 0.3) is 0 Å². The van der Waals surface area contributed by atoms with Gasteiger partial charge < -0.3 is 15.3 Å². The monoisotopic (exact) mass is 213 g/mol. The second kappa shape index (κ2) is 18.0. The molecule has 0 aliphatic carbocycles. The zero-order chi connectivity index (χ0) is 8.57. The zero-order valence-corrected chi connectivity index (χ0v) is 10.2. The van der Waals surface area contributed by atoms with Gasteiger partial charge in [0.2, 0.25) is 0 Å². The van der Waals surface area contributed by atoms with Gasteiger partial charge in [0, 0.05) is 0 Å². The van der Waals surface area contributed by atoms with Gasteiger partial charge in [-0.05, 0) is 0 Å². The van der Waals surface area contributed by atoms with E-state index in [9.17, 15) is 0 Å². The second-order valence-electron chi connectivity index (χ2n) is 3.37. The third kappa shape index (κ3) is 43.5. The van der Waals surface area contributed by atoms with Crippen molar-refractivity contribution in [2.75, 3.05) is 0 Å². The van der Waals surface area contributed by atoms with Crippen LogP contribution in [0.1, 0.15) is 42.0 Å². The van der Waals surface area contributed by atoms with Crippen molar-refractivity contribution in [3.63, 3.8) is 0 Å². The number of hydrogen-bond acceptors (Lipinski definition) is 0. The van der Waals surface area contributed by atoms with Gasteiger partial charge in [0.15, 0.2) is 0 Å². The minimum atomic E-state index is 0. The van der Waals surface area contributed by atoms with Crippen molar-refractivity contribution in [2.45, 2.75) is 40.5 Å². The molecule has 0 spiro atoms. The summed E-state index contributed by atoms with van der Waals surface area (Å²) in [5.74, 6) is 1.55. The Morgan fingerprint density at radius 3 is 1.00 bits per heavy atom. The Morgan fingerprint density at radius 1 is 0.917 bits per heavy atom. The molecule has 0 amide bonds. The molecule has 0 heterocycles. The van der Waals surface area contributed by atoms with Crippen LogP contribution in [0.2, 0.25) is 0 Å². The Bertz CT molecular complexity index is 50.9. The summed E-state index contributed by atoms with van der Waals surface area (Å²) in [6, 6.07) is 0. The molecule has 2 heteroatoms. The average Bonchev–Trinajstić information content (AvgIpc) is 1.89. The van der Waals surface area contributed by atoms with Crippen LogP contribution in [0.5, 0.6) is 0 Å². The molecule has 12 heavy (non-hydrogen) atoms. The molecule has 0 aromatic heterocycles. The molecule has 0 aromatic rings. The maximum Gasteiger partial charge on any atom is 2.00 e. The molecule has 0 saturated heterocycles. The fourth-order valence-corrected chi connectivity index (χ4v) is 0. The quantitative estimate of drug-likeness (QED) is 0.472. The second-order valence-corrected chi connectivity index (χ2v) is 3.37. The van der Waals surface area contributed by atoms with Crippen molar-refractivity contribution in [2.24, 2.45) is 11.8 Å². The Morgan fingerprint density at radius 2 is 1.00 bits per heavy atom. The summed E-state index contributed by atoms with van der Waals surface area (Å²) in [6.45, 7) is 16.0. The van der Waals surface area contributed by atoms with E-state index in [4.69, 9.17) is 0 Å². The maximum absolute atomic E-state index is 3.69. The van der Waals surface area contributed by atoms with Gasteiger partial charge in [-0.25, -0.2) is 0 Å². The van der Waals surface area contributed by atoms with E-state index in [1.54, 1.807) is 0 Å². The largest absolute Gasteiger partial charge is 2.00 e. The normalized spacial score (nSPS) is 8.00. The van der Waals surface area contributed by atoms with Crippen LogP contribution in [0.15, 0.2) is 0 Å². The third-order valence-electron chi connectivity index (χ3n) is 1.15. The van der Waals surface area contributed by atoms with E-state index in [0.717, 1.165) is 24.7 Å². The summed E-state index contributed by atoms with van der Waals surface area (Å²) in [6.07, 6.45) is 2.11. The summed E-state index contributed by atoms with van der Waals surface area (Å²) in [7, 11) is 0. The van der Waals surface area contributed by atoms with Crippen molar-refractivity contribution >= 4 is 0 Å². The molecule has 0 unspecified atom stereocenters. The van der Waals surface area contributed by atoms with E-state index in [1.165, 1.54) is 0 Å². The molecule has 0 atom stereocenters. The molecule has 0 aliphatic heterocycles. The van der Waals surface area contributed by atoms with E-state index in [2.05, 4.69) is 41.5 Å². The van der Waals surface area contributed by atoms with E-state index in [0.29, 0.717) is 0 Å². The van der Waals surface area contributed by atoms with Crippen LogP contribution in [0.25, 0.3) is 0 Å². The third-order valence-corrected chi connectivity index (χ3v) is 1.15. The SMILES string of the molecule is [CH2-]CC(C)C.[CH2-]CC(C)C.[Cu+2].[H-].[Li+]. The van der Waals surface area contributed by atoms with Crippen molar-refractivity contribution in [3.8, 4) is 0 Å². The van der Waals surface area contributed by atoms with Crippen LogP contribution in [-0.4, -0.2) is 0 Å². The first-order valence-corrected chi connectivity index (χ1v) is 4.13. The predicted molar refractivity (Wildman–Crippen MR) is 50.7 cm³/mol. The van der Waals surface area contributed by atoms with E-state index in [1.807, 2.05) is 0 Å². The van der Waals surface area contributed by atoms with Crippen molar-refractivity contribution in [3.05, 3.63) is 13.8 Å². The van der Waals surface area contributed by atoms with Crippen LogP contribution in [-0.2, 0) is 17.1 Å². The molecule has 0 saturated carbocycles. The number of rotatable bonds is 2. The first-order chi connectivity index (χ1) is 4.54. The molecule has 0 rings (SSSR count). The van der Waals surface area contributed by atoms with Crippen LogP contribution in [0.4, 0.5) is 0 Å². The molecule has 0 N–H and O–H groups in total. The van der Waals surface area contributed by atoms with Gasteiger partial charge in [-0.2, -0.15) is 12.8 Å². The Hall–Kier alpha value is 1.12. The minimum absolute atomic E-state index is 0. The molecule has 1 radical (unpaired) electrons. The molecule has 0 aliphatic rings. The van der Waals surface area contributed by atoms with Gasteiger partial charge >= 0.3 is 35.9 Å². The fourth-order valence-electron chi connectivity index (χ4n) is 0. The van der Waals surface area contributed by atoms with E-state index >= 15 is 0 Å².